The number of aliphatic imine (C=N–C) groups is 1. The van der Waals surface area contributed by atoms with E-state index in [9.17, 15) is 0 Å². The van der Waals surface area contributed by atoms with Crippen molar-refractivity contribution in [1.82, 2.24) is 0 Å². The van der Waals surface area contributed by atoms with Gasteiger partial charge in [-0.05, 0) is 24.3 Å². The van der Waals surface area contributed by atoms with Gasteiger partial charge in [-0.25, -0.2) is 4.99 Å². The normalized spacial score (nSPS) is 13.6. The van der Waals surface area contributed by atoms with Gasteiger partial charge in [0, 0.05) is 15.6 Å². The molecule has 2 aromatic rings. The lowest BCUT2D eigenvalue weighted by molar-refractivity contribution is 0.287. The van der Waals surface area contributed by atoms with Gasteiger partial charge in [-0.2, -0.15) is 0 Å². The molecule has 1 heterocycles. The van der Waals surface area contributed by atoms with E-state index in [0.717, 1.165) is 21.3 Å². The van der Waals surface area contributed by atoms with Gasteiger partial charge in [0.15, 0.2) is 0 Å². The molecule has 17 heavy (non-hydrogen) atoms. The lowest BCUT2D eigenvalue weighted by Gasteiger charge is -2.17. The summed E-state index contributed by atoms with van der Waals surface area (Å²) in [6.45, 7) is 0.560. The third-order valence-corrected chi connectivity index (χ3v) is 3.43. The zero-order valence-electron chi connectivity index (χ0n) is 9.06. The number of nitrogens with zero attached hydrogens (tertiary/aromatic N) is 1. The molecule has 0 aliphatic carbocycles. The minimum atomic E-state index is 0.560. The van der Waals surface area contributed by atoms with E-state index in [4.69, 9.17) is 4.74 Å². The van der Waals surface area contributed by atoms with Gasteiger partial charge in [-0.15, -0.1) is 0 Å². The van der Waals surface area contributed by atoms with Gasteiger partial charge in [0.2, 0.25) is 5.90 Å². The highest BCUT2D eigenvalue weighted by molar-refractivity contribution is 9.10. The number of fused-ring (bicyclic) bond motifs is 1. The van der Waals surface area contributed by atoms with Crippen LogP contribution in [-0.4, -0.2) is 5.90 Å². The highest BCUT2D eigenvalue weighted by Crippen LogP contribution is 2.31. The summed E-state index contributed by atoms with van der Waals surface area (Å²) in [6, 6.07) is 16.0. The largest absolute Gasteiger partial charge is 0.472 e. The quantitative estimate of drug-likeness (QED) is 0.775. The second kappa shape index (κ2) is 4.34. The number of benzene rings is 2. The van der Waals surface area contributed by atoms with Crippen molar-refractivity contribution in [2.45, 2.75) is 6.61 Å². The van der Waals surface area contributed by atoms with Crippen molar-refractivity contribution >= 4 is 27.5 Å². The van der Waals surface area contributed by atoms with Crippen molar-refractivity contribution in [3.63, 3.8) is 0 Å². The fourth-order valence-corrected chi connectivity index (χ4v) is 2.28. The number of hydrogen-bond donors (Lipinski definition) is 0. The monoisotopic (exact) mass is 287 g/mol. The molecule has 0 saturated heterocycles. The van der Waals surface area contributed by atoms with Crippen molar-refractivity contribution in [2.75, 3.05) is 0 Å². The number of ether oxygens (including phenoxy) is 1. The molecule has 0 unspecified atom stereocenters. The summed E-state index contributed by atoms with van der Waals surface area (Å²) >= 11 is 3.51. The molecule has 2 aromatic carbocycles. The van der Waals surface area contributed by atoms with E-state index in [0.29, 0.717) is 12.5 Å². The van der Waals surface area contributed by atoms with Crippen LogP contribution in [0.15, 0.2) is 58.0 Å². The minimum Gasteiger partial charge on any atom is -0.472 e. The van der Waals surface area contributed by atoms with Gasteiger partial charge in [-0.1, -0.05) is 40.2 Å². The Labute approximate surface area is 108 Å². The molecule has 0 saturated carbocycles. The Balaban J connectivity index is 2.07. The minimum absolute atomic E-state index is 0.560. The molecule has 0 amide bonds. The summed E-state index contributed by atoms with van der Waals surface area (Å²) in [5, 5.41) is 0. The summed E-state index contributed by atoms with van der Waals surface area (Å²) in [4.78, 5) is 4.54. The Morgan fingerprint density at radius 2 is 1.82 bits per heavy atom. The van der Waals surface area contributed by atoms with E-state index in [1.165, 1.54) is 0 Å². The molecule has 0 atom stereocenters. The number of hydrogen-bond acceptors (Lipinski definition) is 2. The Bertz CT molecular complexity index is 578. The third-order valence-electron chi connectivity index (χ3n) is 2.69. The fraction of sp³-hybridized carbons (Fsp3) is 0.0714. The van der Waals surface area contributed by atoms with E-state index in [1.54, 1.807) is 0 Å². The van der Waals surface area contributed by atoms with E-state index < -0.39 is 0 Å². The van der Waals surface area contributed by atoms with Gasteiger partial charge >= 0.3 is 0 Å². The molecule has 3 rings (SSSR count). The first-order chi connectivity index (χ1) is 8.34. The molecule has 0 spiro atoms. The van der Waals surface area contributed by atoms with Crippen LogP contribution in [0.5, 0.6) is 0 Å². The zero-order chi connectivity index (χ0) is 11.7. The van der Waals surface area contributed by atoms with Crippen molar-refractivity contribution in [3.05, 3.63) is 64.1 Å². The molecular formula is C14H10BrNO. The van der Waals surface area contributed by atoms with Crippen LogP contribution in [0.25, 0.3) is 0 Å². The highest BCUT2D eigenvalue weighted by Gasteiger charge is 2.16. The van der Waals surface area contributed by atoms with Crippen molar-refractivity contribution in [2.24, 2.45) is 4.99 Å². The molecule has 0 aromatic heterocycles. The van der Waals surface area contributed by atoms with Gasteiger partial charge in [0.25, 0.3) is 0 Å². The van der Waals surface area contributed by atoms with Gasteiger partial charge in [0.1, 0.15) is 6.61 Å². The average Bonchev–Trinajstić information content (AvgIpc) is 2.40. The zero-order valence-corrected chi connectivity index (χ0v) is 10.6. The predicted molar refractivity (Wildman–Crippen MR) is 71.6 cm³/mol. The molecule has 0 N–H and O–H groups in total. The van der Waals surface area contributed by atoms with Crippen LogP contribution in [0.3, 0.4) is 0 Å². The first-order valence-electron chi connectivity index (χ1n) is 5.39. The van der Waals surface area contributed by atoms with Gasteiger partial charge < -0.3 is 4.74 Å². The van der Waals surface area contributed by atoms with E-state index in [1.807, 2.05) is 48.5 Å². The molecule has 3 heteroatoms. The van der Waals surface area contributed by atoms with Crippen molar-refractivity contribution in [3.8, 4) is 0 Å². The topological polar surface area (TPSA) is 21.6 Å². The second-order valence-electron chi connectivity index (χ2n) is 3.81. The molecule has 2 nitrogen and oxygen atoms in total. The molecule has 1 aliphatic heterocycles. The van der Waals surface area contributed by atoms with Crippen molar-refractivity contribution in [1.29, 1.82) is 0 Å². The highest BCUT2D eigenvalue weighted by atomic mass is 79.9. The van der Waals surface area contributed by atoms with E-state index >= 15 is 0 Å². The van der Waals surface area contributed by atoms with Crippen LogP contribution in [0.2, 0.25) is 0 Å². The molecule has 1 aliphatic rings. The first kappa shape index (κ1) is 10.5. The molecule has 0 fully saturated rings. The summed E-state index contributed by atoms with van der Waals surface area (Å²) in [7, 11) is 0. The molecule has 0 bridgehead atoms. The summed E-state index contributed by atoms with van der Waals surface area (Å²) in [5.41, 5.74) is 3.09. The van der Waals surface area contributed by atoms with E-state index in [-0.39, 0.29) is 0 Å². The maximum absolute atomic E-state index is 5.69. The van der Waals surface area contributed by atoms with Gasteiger partial charge in [-0.3, -0.25) is 0 Å². The van der Waals surface area contributed by atoms with Crippen LogP contribution < -0.4 is 0 Å². The molecule has 84 valence electrons. The molecular weight excluding hydrogens is 278 g/mol. The molecule has 0 radical (unpaired) electrons. The first-order valence-corrected chi connectivity index (χ1v) is 6.18. The van der Waals surface area contributed by atoms with Crippen LogP contribution in [-0.2, 0) is 11.3 Å². The van der Waals surface area contributed by atoms with Crippen LogP contribution in [0.4, 0.5) is 5.69 Å². The van der Waals surface area contributed by atoms with Crippen molar-refractivity contribution < 1.29 is 4.74 Å². The Morgan fingerprint density at radius 1 is 1.00 bits per heavy atom. The third kappa shape index (κ3) is 1.98. The summed E-state index contributed by atoms with van der Waals surface area (Å²) in [5.74, 6) is 0.691. The summed E-state index contributed by atoms with van der Waals surface area (Å²) in [6.07, 6.45) is 0. The Hall–Kier alpha value is -1.61. The lowest BCUT2D eigenvalue weighted by Crippen LogP contribution is -2.11. The Kier molecular flexibility index (Phi) is 2.69. The average molecular weight is 288 g/mol. The standard InChI is InChI=1S/C14H10BrNO/c15-12-7-4-8-13-11(12)9-17-14(16-13)10-5-2-1-3-6-10/h1-8H,9H2. The Morgan fingerprint density at radius 3 is 2.65 bits per heavy atom. The smallest absolute Gasteiger partial charge is 0.221 e. The van der Waals surface area contributed by atoms with Crippen LogP contribution >= 0.6 is 15.9 Å². The fourth-order valence-electron chi connectivity index (χ4n) is 1.81. The maximum Gasteiger partial charge on any atom is 0.221 e. The second-order valence-corrected chi connectivity index (χ2v) is 4.66. The van der Waals surface area contributed by atoms with Crippen LogP contribution in [0, 0.1) is 0 Å². The van der Waals surface area contributed by atoms with E-state index in [2.05, 4.69) is 20.9 Å². The predicted octanol–water partition coefficient (Wildman–Crippen LogP) is 4.06. The number of rotatable bonds is 1. The number of halogens is 1. The SMILES string of the molecule is Brc1cccc2c1COC(c1ccccc1)=N2. The van der Waals surface area contributed by atoms with Crippen LogP contribution in [0.1, 0.15) is 11.1 Å². The lowest BCUT2D eigenvalue weighted by atomic mass is 10.1. The van der Waals surface area contributed by atoms with Gasteiger partial charge in [0.05, 0.1) is 5.69 Å². The maximum atomic E-state index is 5.69. The summed E-state index contributed by atoms with van der Waals surface area (Å²) < 4.78 is 6.74.